The van der Waals surface area contributed by atoms with Crippen LogP contribution in [0.15, 0.2) is 30.3 Å². The molecule has 1 aliphatic carbocycles. The molecule has 84 valence electrons. The Morgan fingerprint density at radius 1 is 1.12 bits per heavy atom. The van der Waals surface area contributed by atoms with Gasteiger partial charge in [0.15, 0.2) is 0 Å². The Labute approximate surface area is 96.3 Å². The highest BCUT2D eigenvalue weighted by Crippen LogP contribution is 2.34. The average molecular weight is 215 g/mol. The SMILES string of the molecule is O=C1[C@@H](c2ccccc2)CCN1CC1CC1. The fourth-order valence-corrected chi connectivity index (χ4v) is 2.53. The number of hydrogen-bond donors (Lipinski definition) is 0. The van der Waals surface area contributed by atoms with Gasteiger partial charge in [-0.15, -0.1) is 0 Å². The maximum absolute atomic E-state index is 12.2. The molecule has 1 aliphatic heterocycles. The second-order valence-electron chi connectivity index (χ2n) is 4.98. The Morgan fingerprint density at radius 2 is 1.88 bits per heavy atom. The Morgan fingerprint density at radius 3 is 2.56 bits per heavy atom. The lowest BCUT2D eigenvalue weighted by Gasteiger charge is -2.16. The largest absolute Gasteiger partial charge is 0.342 e. The van der Waals surface area contributed by atoms with Crippen molar-refractivity contribution in [2.75, 3.05) is 13.1 Å². The Hall–Kier alpha value is -1.31. The van der Waals surface area contributed by atoms with E-state index in [-0.39, 0.29) is 5.92 Å². The molecule has 0 N–H and O–H groups in total. The van der Waals surface area contributed by atoms with Gasteiger partial charge in [0.25, 0.3) is 0 Å². The summed E-state index contributed by atoms with van der Waals surface area (Å²) in [5, 5.41) is 0. The van der Waals surface area contributed by atoms with Crippen LogP contribution >= 0.6 is 0 Å². The fraction of sp³-hybridized carbons (Fsp3) is 0.500. The number of likely N-dealkylation sites (tertiary alicyclic amines) is 1. The van der Waals surface area contributed by atoms with Crippen LogP contribution in [0.2, 0.25) is 0 Å². The first-order chi connectivity index (χ1) is 7.84. The third-order valence-electron chi connectivity index (χ3n) is 3.67. The molecule has 0 unspecified atom stereocenters. The number of benzene rings is 1. The van der Waals surface area contributed by atoms with Crippen molar-refractivity contribution < 1.29 is 4.79 Å². The van der Waals surface area contributed by atoms with E-state index in [9.17, 15) is 4.79 Å². The monoisotopic (exact) mass is 215 g/mol. The standard InChI is InChI=1S/C14H17NO/c16-14-13(12-4-2-1-3-5-12)8-9-15(14)10-11-6-7-11/h1-5,11,13H,6-10H2/t13-/m1/s1. The number of carbonyl (C=O) groups excluding carboxylic acids is 1. The summed E-state index contributed by atoms with van der Waals surface area (Å²) >= 11 is 0. The summed E-state index contributed by atoms with van der Waals surface area (Å²) in [5.41, 5.74) is 1.19. The highest BCUT2D eigenvalue weighted by molar-refractivity contribution is 5.85. The van der Waals surface area contributed by atoms with E-state index in [1.54, 1.807) is 0 Å². The summed E-state index contributed by atoms with van der Waals surface area (Å²) in [6, 6.07) is 10.2. The van der Waals surface area contributed by atoms with Gasteiger partial charge < -0.3 is 4.90 Å². The van der Waals surface area contributed by atoms with Crippen LogP contribution in [0.3, 0.4) is 0 Å². The molecule has 1 saturated heterocycles. The van der Waals surface area contributed by atoms with Crippen LogP contribution in [0.1, 0.15) is 30.7 Å². The zero-order valence-electron chi connectivity index (χ0n) is 9.43. The van der Waals surface area contributed by atoms with Crippen molar-refractivity contribution in [2.45, 2.75) is 25.2 Å². The van der Waals surface area contributed by atoms with Gasteiger partial charge in [-0.05, 0) is 30.7 Å². The van der Waals surface area contributed by atoms with E-state index in [0.717, 1.165) is 25.4 Å². The third kappa shape index (κ3) is 1.84. The van der Waals surface area contributed by atoms with Crippen molar-refractivity contribution in [3.05, 3.63) is 35.9 Å². The number of amides is 1. The van der Waals surface area contributed by atoms with Crippen molar-refractivity contribution in [3.63, 3.8) is 0 Å². The molecule has 2 nitrogen and oxygen atoms in total. The summed E-state index contributed by atoms with van der Waals surface area (Å²) in [5.74, 6) is 1.27. The molecule has 1 saturated carbocycles. The molecule has 0 bridgehead atoms. The number of nitrogens with zero attached hydrogens (tertiary/aromatic N) is 1. The van der Waals surface area contributed by atoms with E-state index in [1.807, 2.05) is 18.2 Å². The van der Waals surface area contributed by atoms with Gasteiger partial charge >= 0.3 is 0 Å². The summed E-state index contributed by atoms with van der Waals surface area (Å²) in [7, 11) is 0. The highest BCUT2D eigenvalue weighted by Gasteiger charge is 2.35. The first-order valence-corrected chi connectivity index (χ1v) is 6.18. The van der Waals surface area contributed by atoms with E-state index in [4.69, 9.17) is 0 Å². The molecule has 2 fully saturated rings. The minimum atomic E-state index is 0.125. The van der Waals surface area contributed by atoms with Crippen LogP contribution in [0.4, 0.5) is 0 Å². The average Bonchev–Trinajstić information content (AvgIpc) is 3.06. The number of carbonyl (C=O) groups is 1. The van der Waals surface area contributed by atoms with Crippen LogP contribution in [0.25, 0.3) is 0 Å². The molecule has 1 aromatic carbocycles. The lowest BCUT2D eigenvalue weighted by Crippen LogP contribution is -2.28. The fourth-order valence-electron chi connectivity index (χ4n) is 2.53. The third-order valence-corrected chi connectivity index (χ3v) is 3.67. The number of hydrogen-bond acceptors (Lipinski definition) is 1. The highest BCUT2D eigenvalue weighted by atomic mass is 16.2. The molecule has 1 aromatic rings. The summed E-state index contributed by atoms with van der Waals surface area (Å²) in [4.78, 5) is 14.3. The molecule has 2 heteroatoms. The molecule has 1 atom stereocenters. The normalized spacial score (nSPS) is 25.1. The summed E-state index contributed by atoms with van der Waals surface area (Å²) in [6.45, 7) is 1.96. The van der Waals surface area contributed by atoms with Crippen molar-refractivity contribution in [1.82, 2.24) is 4.90 Å². The molecule has 3 rings (SSSR count). The van der Waals surface area contributed by atoms with E-state index in [2.05, 4.69) is 17.0 Å². The number of rotatable bonds is 3. The summed E-state index contributed by atoms with van der Waals surface area (Å²) < 4.78 is 0. The second-order valence-corrected chi connectivity index (χ2v) is 4.98. The van der Waals surface area contributed by atoms with Crippen LogP contribution in [-0.2, 0) is 4.79 Å². The minimum absolute atomic E-state index is 0.125. The van der Waals surface area contributed by atoms with E-state index < -0.39 is 0 Å². The molecule has 1 heterocycles. The molecular formula is C14H17NO. The lowest BCUT2D eigenvalue weighted by atomic mass is 9.98. The summed E-state index contributed by atoms with van der Waals surface area (Å²) in [6.07, 6.45) is 3.63. The first kappa shape index (κ1) is 9.88. The zero-order valence-corrected chi connectivity index (χ0v) is 9.43. The van der Waals surface area contributed by atoms with Crippen molar-refractivity contribution >= 4 is 5.91 Å². The predicted molar refractivity (Wildman–Crippen MR) is 63.1 cm³/mol. The molecule has 2 aliphatic rings. The molecule has 1 amide bonds. The van der Waals surface area contributed by atoms with E-state index >= 15 is 0 Å². The molecular weight excluding hydrogens is 198 g/mol. The van der Waals surface area contributed by atoms with E-state index in [1.165, 1.54) is 18.4 Å². The van der Waals surface area contributed by atoms with Gasteiger partial charge in [0.1, 0.15) is 0 Å². The maximum atomic E-state index is 12.2. The van der Waals surface area contributed by atoms with Gasteiger partial charge in [0, 0.05) is 13.1 Å². The molecule has 16 heavy (non-hydrogen) atoms. The molecule has 0 aromatic heterocycles. The van der Waals surface area contributed by atoms with Gasteiger partial charge in [-0.2, -0.15) is 0 Å². The minimum Gasteiger partial charge on any atom is -0.342 e. The van der Waals surface area contributed by atoms with Crippen molar-refractivity contribution in [3.8, 4) is 0 Å². The Bertz CT molecular complexity index is 383. The first-order valence-electron chi connectivity index (χ1n) is 6.18. The van der Waals surface area contributed by atoms with Crippen molar-refractivity contribution in [1.29, 1.82) is 0 Å². The Kier molecular flexibility index (Phi) is 2.43. The van der Waals surface area contributed by atoms with Crippen LogP contribution < -0.4 is 0 Å². The van der Waals surface area contributed by atoms with Crippen molar-refractivity contribution in [2.24, 2.45) is 5.92 Å². The Balaban J connectivity index is 1.71. The maximum Gasteiger partial charge on any atom is 0.230 e. The van der Waals surface area contributed by atoms with Gasteiger partial charge in [0.05, 0.1) is 5.92 Å². The van der Waals surface area contributed by atoms with Crippen LogP contribution in [0.5, 0.6) is 0 Å². The van der Waals surface area contributed by atoms with Gasteiger partial charge in [-0.3, -0.25) is 4.79 Å². The quantitative estimate of drug-likeness (QED) is 0.758. The zero-order chi connectivity index (χ0) is 11.0. The lowest BCUT2D eigenvalue weighted by molar-refractivity contribution is -0.129. The van der Waals surface area contributed by atoms with Gasteiger partial charge in [-0.25, -0.2) is 0 Å². The smallest absolute Gasteiger partial charge is 0.230 e. The predicted octanol–water partition coefficient (Wildman–Crippen LogP) is 2.41. The van der Waals surface area contributed by atoms with Crippen LogP contribution in [-0.4, -0.2) is 23.9 Å². The molecule has 0 radical (unpaired) electrons. The van der Waals surface area contributed by atoms with E-state index in [0.29, 0.717) is 5.91 Å². The van der Waals surface area contributed by atoms with Gasteiger partial charge in [0.2, 0.25) is 5.91 Å². The van der Waals surface area contributed by atoms with Gasteiger partial charge in [-0.1, -0.05) is 30.3 Å². The topological polar surface area (TPSA) is 20.3 Å². The second kappa shape index (κ2) is 3.93. The molecule has 0 spiro atoms. The van der Waals surface area contributed by atoms with Crippen LogP contribution in [0, 0.1) is 5.92 Å².